The number of nitrogens with zero attached hydrogens (tertiary/aromatic N) is 2. The van der Waals surface area contributed by atoms with E-state index in [2.05, 4.69) is 15.8 Å². The van der Waals surface area contributed by atoms with E-state index in [9.17, 15) is 14.0 Å². The third-order valence-electron chi connectivity index (χ3n) is 5.08. The van der Waals surface area contributed by atoms with Crippen LogP contribution in [-0.4, -0.2) is 36.4 Å². The molecule has 1 aliphatic heterocycles. The number of rotatable bonds is 7. The number of hydrogen-bond donors (Lipinski definition) is 2. The van der Waals surface area contributed by atoms with E-state index in [1.165, 1.54) is 17.9 Å². The van der Waals surface area contributed by atoms with Gasteiger partial charge in [-0.2, -0.15) is 0 Å². The lowest BCUT2D eigenvalue weighted by atomic mass is 10.0. The molecule has 2 heterocycles. The Balaban J connectivity index is 1.41. The first-order valence-corrected chi connectivity index (χ1v) is 10.2. The topological polar surface area (TPSA) is 96.7 Å². The zero-order chi connectivity index (χ0) is 22.7. The molecular weight excluding hydrogens is 415 g/mol. The quantitative estimate of drug-likeness (QED) is 0.582. The number of aromatic nitrogens is 1. The zero-order valence-electron chi connectivity index (χ0n) is 17.7. The average Bonchev–Trinajstić information content (AvgIpc) is 3.36. The maximum absolute atomic E-state index is 14.9. The molecule has 2 amide bonds. The van der Waals surface area contributed by atoms with Gasteiger partial charge in [0.1, 0.15) is 17.7 Å². The minimum Gasteiger partial charge on any atom is -0.442 e. The van der Waals surface area contributed by atoms with Crippen LogP contribution < -0.4 is 15.5 Å². The summed E-state index contributed by atoms with van der Waals surface area (Å²) >= 11 is 0. The summed E-state index contributed by atoms with van der Waals surface area (Å²) < 4.78 is 25.1. The van der Waals surface area contributed by atoms with Crippen LogP contribution in [0, 0.1) is 12.7 Å². The van der Waals surface area contributed by atoms with Crippen LogP contribution in [0.2, 0.25) is 0 Å². The maximum atomic E-state index is 14.9. The van der Waals surface area contributed by atoms with E-state index < -0.39 is 18.0 Å². The van der Waals surface area contributed by atoms with Gasteiger partial charge in [-0.25, -0.2) is 9.18 Å². The fraction of sp³-hybridized carbons (Fsp3) is 0.261. The Labute approximate surface area is 184 Å². The van der Waals surface area contributed by atoms with E-state index in [-0.39, 0.29) is 19.0 Å². The van der Waals surface area contributed by atoms with Crippen LogP contribution in [0.1, 0.15) is 18.2 Å². The molecule has 0 radical (unpaired) electrons. The van der Waals surface area contributed by atoms with Gasteiger partial charge in [0, 0.05) is 25.1 Å². The third kappa shape index (κ3) is 4.88. The second-order valence-electron chi connectivity index (χ2n) is 7.59. The molecule has 1 atom stereocenters. The van der Waals surface area contributed by atoms with Crippen molar-refractivity contribution in [3.8, 4) is 11.1 Å². The van der Waals surface area contributed by atoms with Crippen LogP contribution in [0.25, 0.3) is 11.1 Å². The van der Waals surface area contributed by atoms with Crippen LogP contribution in [0.5, 0.6) is 0 Å². The number of benzene rings is 2. The molecule has 2 aromatic carbocycles. The molecule has 0 saturated carbocycles. The van der Waals surface area contributed by atoms with Gasteiger partial charge in [0.2, 0.25) is 5.91 Å². The average molecular weight is 438 g/mol. The summed E-state index contributed by atoms with van der Waals surface area (Å²) in [6, 6.07) is 14.0. The van der Waals surface area contributed by atoms with Crippen LogP contribution >= 0.6 is 0 Å². The van der Waals surface area contributed by atoms with Gasteiger partial charge < -0.3 is 19.9 Å². The minimum absolute atomic E-state index is 0.204. The summed E-state index contributed by atoms with van der Waals surface area (Å²) in [4.78, 5) is 24.6. The van der Waals surface area contributed by atoms with E-state index in [1.54, 1.807) is 12.1 Å². The summed E-state index contributed by atoms with van der Waals surface area (Å²) in [6.45, 7) is 4.23. The molecule has 3 aromatic rings. The van der Waals surface area contributed by atoms with Crippen molar-refractivity contribution in [3.05, 3.63) is 65.7 Å². The van der Waals surface area contributed by atoms with Crippen molar-refractivity contribution in [3.63, 3.8) is 0 Å². The summed E-state index contributed by atoms with van der Waals surface area (Å²) in [6.07, 6.45) is -1.04. The number of ether oxygens (including phenoxy) is 1. The molecule has 1 fully saturated rings. The van der Waals surface area contributed by atoms with Crippen LogP contribution in [0.15, 0.2) is 53.1 Å². The highest BCUT2D eigenvalue weighted by molar-refractivity contribution is 5.90. The molecule has 166 valence electrons. The molecule has 32 heavy (non-hydrogen) atoms. The monoisotopic (exact) mass is 438 g/mol. The number of carbonyl (C=O) groups is 2. The molecule has 8 nitrogen and oxygen atoms in total. The Morgan fingerprint density at radius 2 is 2.00 bits per heavy atom. The van der Waals surface area contributed by atoms with Crippen molar-refractivity contribution in [1.29, 1.82) is 0 Å². The number of aryl methyl sites for hydroxylation is 1. The largest absolute Gasteiger partial charge is 0.442 e. The SMILES string of the molecule is CC(=O)NC[C@H]1CN(c2ccc(-c3ccc(CNc4cc(C)on4)cc3)c(F)c2)C(=O)O1. The third-order valence-corrected chi connectivity index (χ3v) is 5.08. The van der Waals surface area contributed by atoms with Gasteiger partial charge >= 0.3 is 6.09 Å². The highest BCUT2D eigenvalue weighted by Gasteiger charge is 2.32. The van der Waals surface area contributed by atoms with Crippen molar-refractivity contribution in [2.45, 2.75) is 26.5 Å². The number of cyclic esters (lactones) is 1. The van der Waals surface area contributed by atoms with Gasteiger partial charge in [0.15, 0.2) is 5.82 Å². The van der Waals surface area contributed by atoms with Crippen molar-refractivity contribution in [2.75, 3.05) is 23.3 Å². The molecule has 0 unspecified atom stereocenters. The first kappa shape index (κ1) is 21.4. The molecule has 2 N–H and O–H groups in total. The van der Waals surface area contributed by atoms with E-state index in [1.807, 2.05) is 37.3 Å². The number of amides is 2. The number of hydrogen-bond acceptors (Lipinski definition) is 6. The lowest BCUT2D eigenvalue weighted by Gasteiger charge is -2.15. The lowest BCUT2D eigenvalue weighted by molar-refractivity contribution is -0.119. The Bertz CT molecular complexity index is 1130. The molecule has 0 aliphatic carbocycles. The highest BCUT2D eigenvalue weighted by atomic mass is 19.1. The van der Waals surface area contributed by atoms with Crippen molar-refractivity contribution >= 4 is 23.5 Å². The molecular formula is C23H23FN4O4. The fourth-order valence-corrected chi connectivity index (χ4v) is 3.45. The second kappa shape index (κ2) is 9.09. The number of anilines is 2. The lowest BCUT2D eigenvalue weighted by Crippen LogP contribution is -2.33. The van der Waals surface area contributed by atoms with Crippen LogP contribution in [0.4, 0.5) is 20.7 Å². The maximum Gasteiger partial charge on any atom is 0.414 e. The molecule has 4 rings (SSSR count). The predicted molar refractivity (Wildman–Crippen MR) is 117 cm³/mol. The van der Waals surface area contributed by atoms with Gasteiger partial charge in [0.25, 0.3) is 0 Å². The first-order valence-electron chi connectivity index (χ1n) is 10.2. The first-order chi connectivity index (χ1) is 15.4. The zero-order valence-corrected chi connectivity index (χ0v) is 17.7. The Kier molecular flexibility index (Phi) is 6.07. The minimum atomic E-state index is -0.563. The van der Waals surface area contributed by atoms with Crippen molar-refractivity contribution < 1.29 is 23.2 Å². The van der Waals surface area contributed by atoms with E-state index in [4.69, 9.17) is 9.26 Å². The molecule has 9 heteroatoms. The number of carbonyl (C=O) groups excluding carboxylic acids is 2. The van der Waals surface area contributed by atoms with E-state index in [0.717, 1.165) is 16.9 Å². The molecule has 1 aromatic heterocycles. The second-order valence-corrected chi connectivity index (χ2v) is 7.59. The Hall–Kier alpha value is -3.88. The number of halogens is 1. The highest BCUT2D eigenvalue weighted by Crippen LogP contribution is 2.29. The van der Waals surface area contributed by atoms with Gasteiger partial charge in [-0.1, -0.05) is 29.4 Å². The van der Waals surface area contributed by atoms with Crippen LogP contribution in [-0.2, 0) is 16.1 Å². The van der Waals surface area contributed by atoms with Crippen molar-refractivity contribution in [2.24, 2.45) is 0 Å². The number of nitrogens with one attached hydrogen (secondary N) is 2. The predicted octanol–water partition coefficient (Wildman–Crippen LogP) is 3.86. The van der Waals surface area contributed by atoms with E-state index in [0.29, 0.717) is 23.6 Å². The Morgan fingerprint density at radius 3 is 2.66 bits per heavy atom. The van der Waals surface area contributed by atoms with E-state index >= 15 is 0 Å². The molecule has 0 bridgehead atoms. The molecule has 0 spiro atoms. The summed E-state index contributed by atoms with van der Waals surface area (Å²) in [7, 11) is 0. The van der Waals surface area contributed by atoms with Gasteiger partial charge in [-0.15, -0.1) is 0 Å². The fourth-order valence-electron chi connectivity index (χ4n) is 3.45. The summed E-state index contributed by atoms with van der Waals surface area (Å²) in [5.41, 5.74) is 2.58. The normalized spacial score (nSPS) is 15.5. The van der Waals surface area contributed by atoms with Crippen LogP contribution in [0.3, 0.4) is 0 Å². The summed E-state index contributed by atoms with van der Waals surface area (Å²) in [5, 5.41) is 9.66. The smallest absolute Gasteiger partial charge is 0.414 e. The molecule has 1 saturated heterocycles. The van der Waals surface area contributed by atoms with Gasteiger partial charge in [-0.3, -0.25) is 9.69 Å². The van der Waals surface area contributed by atoms with Gasteiger partial charge in [-0.05, 0) is 36.2 Å². The standard InChI is InChI=1S/C23H23FN4O4/c1-14-9-22(27-32-14)26-11-16-3-5-17(6-4-16)20-8-7-18(10-21(20)24)28-13-19(31-23(28)30)12-25-15(2)29/h3-10,19H,11-13H2,1-2H3,(H,25,29)(H,26,27)/t19-/m0/s1. The van der Waals surface area contributed by atoms with Crippen molar-refractivity contribution in [1.82, 2.24) is 10.5 Å². The van der Waals surface area contributed by atoms with Gasteiger partial charge in [0.05, 0.1) is 18.8 Å². The summed E-state index contributed by atoms with van der Waals surface area (Å²) in [5.74, 6) is 0.745. The molecule has 1 aliphatic rings. The Morgan fingerprint density at radius 1 is 1.22 bits per heavy atom.